The Morgan fingerprint density at radius 2 is 1.88 bits per heavy atom. The molecule has 176 valence electrons. The summed E-state index contributed by atoms with van der Waals surface area (Å²) in [6.45, 7) is 4.95. The number of rotatable bonds is 6. The molecule has 33 heavy (non-hydrogen) atoms. The van der Waals surface area contributed by atoms with E-state index in [4.69, 9.17) is 4.74 Å². The molecule has 1 aliphatic carbocycles. The highest BCUT2D eigenvalue weighted by Gasteiger charge is 2.44. The lowest BCUT2D eigenvalue weighted by molar-refractivity contribution is 0.00696. The van der Waals surface area contributed by atoms with Crippen LogP contribution in [0.3, 0.4) is 0 Å². The van der Waals surface area contributed by atoms with Crippen molar-refractivity contribution in [3.05, 3.63) is 63.1 Å². The van der Waals surface area contributed by atoms with Crippen LogP contribution < -0.4 is 0 Å². The van der Waals surface area contributed by atoms with Gasteiger partial charge in [0.15, 0.2) is 11.6 Å². The van der Waals surface area contributed by atoms with Gasteiger partial charge in [0.2, 0.25) is 0 Å². The number of imidazole rings is 1. The summed E-state index contributed by atoms with van der Waals surface area (Å²) in [4.78, 5) is 17.1. The molecular weight excluding hydrogens is 504 g/mol. The van der Waals surface area contributed by atoms with Crippen LogP contribution in [0, 0.1) is 22.9 Å². The summed E-state index contributed by atoms with van der Waals surface area (Å²) in [6, 6.07) is 5.62. The first-order valence-corrected chi connectivity index (χ1v) is 11.3. The standard InChI is InChI=1S/C24H23BrF4N2O2/c1-23(2,3)33-22(32)13-4-5-17-18(8-13)31(12-24(11-26)6-7-24)19(30-17)9-14-16(27)10-15(25)21(29)20(14)28/h4-5,8,10H,6-7,9,11-12H2,1-3H3. The molecule has 3 aromatic rings. The van der Waals surface area contributed by atoms with E-state index in [9.17, 15) is 22.4 Å². The predicted octanol–water partition coefficient (Wildman–Crippen LogP) is 6.51. The van der Waals surface area contributed by atoms with Gasteiger partial charge in [-0.2, -0.15) is 0 Å². The van der Waals surface area contributed by atoms with Crippen LogP contribution in [-0.2, 0) is 17.7 Å². The molecule has 4 nitrogen and oxygen atoms in total. The van der Waals surface area contributed by atoms with E-state index in [1.165, 1.54) is 0 Å². The van der Waals surface area contributed by atoms with Gasteiger partial charge in [0, 0.05) is 23.9 Å². The third-order valence-electron chi connectivity index (χ3n) is 5.74. The van der Waals surface area contributed by atoms with Gasteiger partial charge in [-0.15, -0.1) is 0 Å². The number of hydrogen-bond donors (Lipinski definition) is 0. The normalized spacial score (nSPS) is 15.2. The second-order valence-electron chi connectivity index (χ2n) is 9.58. The number of fused-ring (bicyclic) bond motifs is 1. The number of esters is 1. The maximum absolute atomic E-state index is 14.5. The highest BCUT2D eigenvalue weighted by molar-refractivity contribution is 9.10. The second-order valence-corrected chi connectivity index (χ2v) is 10.4. The molecule has 0 saturated heterocycles. The number of halogens is 5. The maximum atomic E-state index is 14.5. The fraction of sp³-hybridized carbons (Fsp3) is 0.417. The van der Waals surface area contributed by atoms with Gasteiger partial charge in [0.05, 0.1) is 27.7 Å². The van der Waals surface area contributed by atoms with Crippen molar-refractivity contribution < 1.29 is 27.1 Å². The second kappa shape index (κ2) is 8.42. The molecule has 1 fully saturated rings. The van der Waals surface area contributed by atoms with Gasteiger partial charge in [0.25, 0.3) is 0 Å². The molecule has 0 aliphatic heterocycles. The molecule has 4 rings (SSSR count). The van der Waals surface area contributed by atoms with Crippen LogP contribution in [-0.4, -0.2) is 27.8 Å². The molecule has 1 heterocycles. The number of hydrogen-bond acceptors (Lipinski definition) is 3. The Labute approximate surface area is 197 Å². The fourth-order valence-electron chi connectivity index (χ4n) is 3.72. The molecule has 0 N–H and O–H groups in total. The molecule has 0 radical (unpaired) electrons. The van der Waals surface area contributed by atoms with Crippen LogP contribution >= 0.6 is 15.9 Å². The number of alkyl halides is 1. The third-order valence-corrected chi connectivity index (χ3v) is 6.32. The van der Waals surface area contributed by atoms with Crippen LogP contribution in [0.25, 0.3) is 11.0 Å². The van der Waals surface area contributed by atoms with Crippen molar-refractivity contribution in [3.8, 4) is 0 Å². The molecule has 2 aromatic carbocycles. The Hall–Kier alpha value is -2.42. The van der Waals surface area contributed by atoms with E-state index in [0.717, 1.165) is 6.07 Å². The molecule has 1 saturated carbocycles. The van der Waals surface area contributed by atoms with Crippen molar-refractivity contribution in [1.29, 1.82) is 0 Å². The van der Waals surface area contributed by atoms with E-state index >= 15 is 0 Å². The minimum Gasteiger partial charge on any atom is -0.456 e. The predicted molar refractivity (Wildman–Crippen MR) is 119 cm³/mol. The van der Waals surface area contributed by atoms with E-state index in [1.807, 2.05) is 0 Å². The molecule has 0 unspecified atom stereocenters. The van der Waals surface area contributed by atoms with Gasteiger partial charge in [0.1, 0.15) is 17.2 Å². The van der Waals surface area contributed by atoms with Gasteiger partial charge in [-0.25, -0.2) is 22.9 Å². The molecule has 9 heteroatoms. The molecule has 0 atom stereocenters. The molecule has 0 spiro atoms. The summed E-state index contributed by atoms with van der Waals surface area (Å²) in [5, 5.41) is 0. The van der Waals surface area contributed by atoms with Crippen molar-refractivity contribution >= 4 is 32.9 Å². The first kappa shape index (κ1) is 23.7. The van der Waals surface area contributed by atoms with Gasteiger partial charge in [-0.1, -0.05) is 0 Å². The number of ether oxygens (including phenoxy) is 1. The minimum atomic E-state index is -1.30. The molecule has 1 aliphatic rings. The smallest absolute Gasteiger partial charge is 0.338 e. The Morgan fingerprint density at radius 1 is 1.18 bits per heavy atom. The molecule has 1 aromatic heterocycles. The topological polar surface area (TPSA) is 44.1 Å². The third kappa shape index (κ3) is 4.78. The van der Waals surface area contributed by atoms with Crippen LogP contribution in [0.15, 0.2) is 28.7 Å². The lowest BCUT2D eigenvalue weighted by Gasteiger charge is -2.19. The highest BCUT2D eigenvalue weighted by atomic mass is 79.9. The van der Waals surface area contributed by atoms with Crippen molar-refractivity contribution in [1.82, 2.24) is 9.55 Å². The Balaban J connectivity index is 1.81. The lowest BCUT2D eigenvalue weighted by atomic mass is 10.1. The van der Waals surface area contributed by atoms with Gasteiger partial charge < -0.3 is 9.30 Å². The van der Waals surface area contributed by atoms with Gasteiger partial charge in [-0.05, 0) is 73.8 Å². The summed E-state index contributed by atoms with van der Waals surface area (Å²) in [5.74, 6) is -3.69. The first-order chi connectivity index (χ1) is 15.4. The highest BCUT2D eigenvalue weighted by Crippen LogP contribution is 2.48. The number of carbonyl (C=O) groups is 1. The molecular formula is C24H23BrF4N2O2. The first-order valence-electron chi connectivity index (χ1n) is 10.5. The number of benzene rings is 2. The Bertz CT molecular complexity index is 1250. The van der Waals surface area contributed by atoms with Crippen LogP contribution in [0.1, 0.15) is 55.4 Å². The quantitative estimate of drug-likeness (QED) is 0.159. The zero-order valence-electron chi connectivity index (χ0n) is 18.4. The van der Waals surface area contributed by atoms with Crippen LogP contribution in [0.4, 0.5) is 17.6 Å². The van der Waals surface area contributed by atoms with E-state index in [2.05, 4.69) is 20.9 Å². The minimum absolute atomic E-state index is 0.232. The van der Waals surface area contributed by atoms with Gasteiger partial charge in [-0.3, -0.25) is 4.39 Å². The number of nitrogens with zero attached hydrogens (tertiary/aromatic N) is 2. The summed E-state index contributed by atoms with van der Waals surface area (Å²) in [7, 11) is 0. The van der Waals surface area contributed by atoms with E-state index < -0.39 is 46.7 Å². The van der Waals surface area contributed by atoms with Crippen molar-refractivity contribution in [2.45, 2.75) is 52.2 Å². The van der Waals surface area contributed by atoms with Crippen molar-refractivity contribution in [2.24, 2.45) is 5.41 Å². The number of carbonyl (C=O) groups excluding carboxylic acids is 1. The van der Waals surface area contributed by atoms with E-state index in [-0.39, 0.29) is 28.8 Å². The molecule has 0 amide bonds. The van der Waals surface area contributed by atoms with E-state index in [1.54, 1.807) is 43.5 Å². The largest absolute Gasteiger partial charge is 0.456 e. The summed E-state index contributed by atoms with van der Waals surface area (Å²) in [5.41, 5.74) is -0.458. The summed E-state index contributed by atoms with van der Waals surface area (Å²) in [6.07, 6.45) is 1.01. The zero-order chi connectivity index (χ0) is 24.1. The SMILES string of the molecule is CC(C)(C)OC(=O)c1ccc2nc(Cc3c(F)cc(Br)c(F)c3F)n(CC3(CF)CC3)c2c1. The lowest BCUT2D eigenvalue weighted by Crippen LogP contribution is -2.24. The van der Waals surface area contributed by atoms with Crippen LogP contribution in [0.2, 0.25) is 0 Å². The molecule has 0 bridgehead atoms. The monoisotopic (exact) mass is 526 g/mol. The van der Waals surface area contributed by atoms with Gasteiger partial charge >= 0.3 is 5.97 Å². The summed E-state index contributed by atoms with van der Waals surface area (Å²) < 4.78 is 63.6. The van der Waals surface area contributed by atoms with Crippen LogP contribution in [0.5, 0.6) is 0 Å². The van der Waals surface area contributed by atoms with Crippen molar-refractivity contribution in [3.63, 3.8) is 0 Å². The Morgan fingerprint density at radius 3 is 2.48 bits per heavy atom. The Kier molecular flexibility index (Phi) is 6.05. The maximum Gasteiger partial charge on any atom is 0.338 e. The van der Waals surface area contributed by atoms with E-state index in [0.29, 0.717) is 23.9 Å². The fourth-order valence-corrected chi connectivity index (χ4v) is 4.09. The zero-order valence-corrected chi connectivity index (χ0v) is 20.0. The van der Waals surface area contributed by atoms with Crippen molar-refractivity contribution in [2.75, 3.05) is 6.67 Å². The average Bonchev–Trinajstić information content (AvgIpc) is 3.44. The summed E-state index contributed by atoms with van der Waals surface area (Å²) >= 11 is 2.80. The number of aromatic nitrogens is 2. The average molecular weight is 527 g/mol.